The molecule has 0 N–H and O–H groups in total. The average Bonchev–Trinajstić information content (AvgIpc) is 2.80. The molecule has 0 aliphatic heterocycles. The second-order valence-corrected chi connectivity index (χ2v) is 4.80. The first kappa shape index (κ1) is 11.8. The van der Waals surface area contributed by atoms with E-state index in [0.29, 0.717) is 5.92 Å². The fourth-order valence-corrected chi connectivity index (χ4v) is 1.76. The van der Waals surface area contributed by atoms with E-state index in [9.17, 15) is 0 Å². The number of hydrogen-bond donors (Lipinski definition) is 0. The maximum atomic E-state index is 4.32. The van der Waals surface area contributed by atoms with Crippen LogP contribution in [0.5, 0.6) is 0 Å². The van der Waals surface area contributed by atoms with E-state index in [-0.39, 0.29) is 0 Å². The van der Waals surface area contributed by atoms with Crippen molar-refractivity contribution in [2.24, 2.45) is 5.92 Å². The predicted molar refractivity (Wildman–Crippen MR) is 65.7 cm³/mol. The van der Waals surface area contributed by atoms with Crippen molar-refractivity contribution in [2.75, 3.05) is 0 Å². The molecule has 0 aromatic carbocycles. The Balaban J connectivity index is 2.19. The number of aromatic nitrogens is 5. The van der Waals surface area contributed by atoms with E-state index < -0.39 is 0 Å². The molecule has 92 valence electrons. The van der Waals surface area contributed by atoms with Gasteiger partial charge in [-0.25, -0.2) is 14.6 Å². The van der Waals surface area contributed by atoms with Crippen LogP contribution in [-0.4, -0.2) is 24.3 Å². The van der Waals surface area contributed by atoms with Crippen LogP contribution in [0, 0.1) is 19.8 Å². The highest BCUT2D eigenvalue weighted by Gasteiger charge is 2.09. The largest absolute Gasteiger partial charge is 0.327 e. The van der Waals surface area contributed by atoms with Crippen LogP contribution in [0.1, 0.15) is 31.1 Å². The van der Waals surface area contributed by atoms with Gasteiger partial charge in [0.05, 0.1) is 18.6 Å². The van der Waals surface area contributed by atoms with E-state index >= 15 is 0 Å². The summed E-state index contributed by atoms with van der Waals surface area (Å²) in [6, 6.07) is 0. The molecule has 17 heavy (non-hydrogen) atoms. The maximum Gasteiger partial charge on any atom is 0.146 e. The van der Waals surface area contributed by atoms with E-state index in [1.807, 2.05) is 17.9 Å². The summed E-state index contributed by atoms with van der Waals surface area (Å²) < 4.78 is 4.08. The smallest absolute Gasteiger partial charge is 0.146 e. The quantitative estimate of drug-likeness (QED) is 0.809. The van der Waals surface area contributed by atoms with Crippen LogP contribution >= 0.6 is 0 Å². The first-order valence-corrected chi connectivity index (χ1v) is 5.93. The zero-order valence-electron chi connectivity index (χ0n) is 10.9. The molecule has 0 fully saturated rings. The summed E-state index contributed by atoms with van der Waals surface area (Å²) in [5, 5.41) is 4.26. The molecular weight excluding hydrogens is 214 g/mol. The molecule has 0 unspecified atom stereocenters. The summed E-state index contributed by atoms with van der Waals surface area (Å²) in [5.74, 6) is 1.56. The molecule has 5 heteroatoms. The van der Waals surface area contributed by atoms with Gasteiger partial charge in [-0.2, -0.15) is 5.10 Å². The van der Waals surface area contributed by atoms with Crippen molar-refractivity contribution in [1.29, 1.82) is 0 Å². The SMILES string of the molecule is Cc1ncn(Cc2ncnn2CC(C)C)c1C. The molecule has 0 amide bonds. The van der Waals surface area contributed by atoms with Gasteiger partial charge in [-0.15, -0.1) is 0 Å². The number of nitrogens with zero attached hydrogens (tertiary/aromatic N) is 5. The average molecular weight is 233 g/mol. The van der Waals surface area contributed by atoms with E-state index in [2.05, 4.69) is 40.4 Å². The van der Waals surface area contributed by atoms with Gasteiger partial charge < -0.3 is 4.57 Å². The Hall–Kier alpha value is -1.65. The number of imidazole rings is 1. The highest BCUT2D eigenvalue weighted by Crippen LogP contribution is 2.08. The first-order chi connectivity index (χ1) is 8.08. The van der Waals surface area contributed by atoms with E-state index in [1.165, 1.54) is 5.69 Å². The van der Waals surface area contributed by atoms with Crippen LogP contribution in [0.15, 0.2) is 12.7 Å². The topological polar surface area (TPSA) is 48.5 Å². The summed E-state index contributed by atoms with van der Waals surface area (Å²) in [6.45, 7) is 10.1. The van der Waals surface area contributed by atoms with Crippen molar-refractivity contribution in [3.05, 3.63) is 29.9 Å². The van der Waals surface area contributed by atoms with Crippen molar-refractivity contribution in [3.8, 4) is 0 Å². The van der Waals surface area contributed by atoms with Gasteiger partial charge in [0.15, 0.2) is 0 Å². The number of rotatable bonds is 4. The van der Waals surface area contributed by atoms with Gasteiger partial charge in [0.1, 0.15) is 12.2 Å². The highest BCUT2D eigenvalue weighted by molar-refractivity contribution is 5.09. The maximum absolute atomic E-state index is 4.32. The molecule has 0 saturated carbocycles. The zero-order valence-corrected chi connectivity index (χ0v) is 10.9. The summed E-state index contributed by atoms with van der Waals surface area (Å²) in [4.78, 5) is 8.61. The third kappa shape index (κ3) is 2.54. The molecule has 0 radical (unpaired) electrons. The van der Waals surface area contributed by atoms with E-state index in [1.54, 1.807) is 6.33 Å². The predicted octanol–water partition coefficient (Wildman–Crippen LogP) is 1.80. The lowest BCUT2D eigenvalue weighted by atomic mass is 10.2. The lowest BCUT2D eigenvalue weighted by Crippen LogP contribution is -2.13. The Morgan fingerprint density at radius 2 is 2.00 bits per heavy atom. The molecule has 0 saturated heterocycles. The van der Waals surface area contributed by atoms with Gasteiger partial charge in [-0.05, 0) is 19.8 Å². The van der Waals surface area contributed by atoms with Crippen LogP contribution in [0.4, 0.5) is 0 Å². The Morgan fingerprint density at radius 3 is 2.59 bits per heavy atom. The van der Waals surface area contributed by atoms with Gasteiger partial charge in [-0.1, -0.05) is 13.8 Å². The van der Waals surface area contributed by atoms with Crippen molar-refractivity contribution in [3.63, 3.8) is 0 Å². The second-order valence-electron chi connectivity index (χ2n) is 4.80. The third-order valence-corrected chi connectivity index (χ3v) is 2.89. The minimum atomic E-state index is 0.570. The molecule has 0 aliphatic rings. The normalized spacial score (nSPS) is 11.4. The molecule has 2 heterocycles. The molecular formula is C12H19N5. The zero-order chi connectivity index (χ0) is 12.4. The molecule has 2 aromatic rings. The summed E-state index contributed by atoms with van der Waals surface area (Å²) >= 11 is 0. The summed E-state index contributed by atoms with van der Waals surface area (Å²) in [6.07, 6.45) is 3.48. The van der Waals surface area contributed by atoms with Crippen LogP contribution in [-0.2, 0) is 13.1 Å². The van der Waals surface area contributed by atoms with Crippen molar-refractivity contribution >= 4 is 0 Å². The van der Waals surface area contributed by atoms with Gasteiger partial charge in [0.25, 0.3) is 0 Å². The van der Waals surface area contributed by atoms with Gasteiger partial charge in [0.2, 0.25) is 0 Å². The van der Waals surface area contributed by atoms with Crippen molar-refractivity contribution in [2.45, 2.75) is 40.8 Å². The molecule has 2 rings (SSSR count). The van der Waals surface area contributed by atoms with Crippen LogP contribution < -0.4 is 0 Å². The molecule has 0 atom stereocenters. The molecule has 0 bridgehead atoms. The van der Waals surface area contributed by atoms with E-state index in [4.69, 9.17) is 0 Å². The Kier molecular flexibility index (Phi) is 3.26. The molecule has 0 aliphatic carbocycles. The fourth-order valence-electron chi connectivity index (χ4n) is 1.76. The molecule has 0 spiro atoms. The second kappa shape index (κ2) is 4.69. The fraction of sp³-hybridized carbons (Fsp3) is 0.583. The number of aryl methyl sites for hydroxylation is 1. The Labute approximate surface area is 102 Å². The van der Waals surface area contributed by atoms with Crippen LogP contribution in [0.2, 0.25) is 0 Å². The number of hydrogen-bond acceptors (Lipinski definition) is 3. The minimum Gasteiger partial charge on any atom is -0.327 e. The third-order valence-electron chi connectivity index (χ3n) is 2.89. The highest BCUT2D eigenvalue weighted by atomic mass is 15.3. The summed E-state index contributed by atoms with van der Waals surface area (Å²) in [7, 11) is 0. The molecule has 5 nitrogen and oxygen atoms in total. The van der Waals surface area contributed by atoms with Crippen molar-refractivity contribution in [1.82, 2.24) is 24.3 Å². The standard InChI is InChI=1S/C12H19N5/c1-9(2)5-17-12(13-7-15-17)6-16-8-14-10(3)11(16)4/h7-9H,5-6H2,1-4H3. The van der Waals surface area contributed by atoms with Gasteiger partial charge in [-0.3, -0.25) is 0 Å². The van der Waals surface area contributed by atoms with Gasteiger partial charge in [0, 0.05) is 12.2 Å². The van der Waals surface area contributed by atoms with Gasteiger partial charge >= 0.3 is 0 Å². The van der Waals surface area contributed by atoms with E-state index in [0.717, 1.165) is 24.6 Å². The lowest BCUT2D eigenvalue weighted by Gasteiger charge is -2.09. The van der Waals surface area contributed by atoms with Crippen LogP contribution in [0.25, 0.3) is 0 Å². The lowest BCUT2D eigenvalue weighted by molar-refractivity contribution is 0.460. The minimum absolute atomic E-state index is 0.570. The first-order valence-electron chi connectivity index (χ1n) is 5.93. The monoisotopic (exact) mass is 233 g/mol. The summed E-state index contributed by atoms with van der Waals surface area (Å²) in [5.41, 5.74) is 2.25. The molecule has 2 aromatic heterocycles. The van der Waals surface area contributed by atoms with Crippen molar-refractivity contribution < 1.29 is 0 Å². The van der Waals surface area contributed by atoms with Crippen LogP contribution in [0.3, 0.4) is 0 Å². The Bertz CT molecular complexity index is 495. The Morgan fingerprint density at radius 1 is 1.24 bits per heavy atom.